The average Bonchev–Trinajstić information content (AvgIpc) is 2.65. The maximum atomic E-state index is 12.6. The summed E-state index contributed by atoms with van der Waals surface area (Å²) in [5, 5.41) is 8.90. The number of carboxylic acid groups (broad SMARTS) is 1. The summed E-state index contributed by atoms with van der Waals surface area (Å²) >= 11 is 0. The minimum Gasteiger partial charge on any atom is -0.478 e. The molecule has 0 bridgehead atoms. The molecule has 2 N–H and O–H groups in total. The molecule has 0 radical (unpaired) electrons. The van der Waals surface area contributed by atoms with Crippen LogP contribution in [0.4, 0.5) is 5.69 Å². The summed E-state index contributed by atoms with van der Waals surface area (Å²) in [6, 6.07) is 10.8. The number of benzene rings is 2. The maximum absolute atomic E-state index is 12.6. The Bertz CT molecular complexity index is 984. The van der Waals surface area contributed by atoms with Gasteiger partial charge < -0.3 is 10.0 Å². The quantitative estimate of drug-likeness (QED) is 0.817. The van der Waals surface area contributed by atoms with Gasteiger partial charge in [0.2, 0.25) is 15.9 Å². The van der Waals surface area contributed by atoms with E-state index in [1.165, 1.54) is 25.1 Å². The van der Waals surface area contributed by atoms with Gasteiger partial charge in [-0.3, -0.25) is 4.79 Å². The first-order chi connectivity index (χ1) is 12.8. The first kappa shape index (κ1) is 19.1. The smallest absolute Gasteiger partial charge is 0.335 e. The highest BCUT2D eigenvalue weighted by molar-refractivity contribution is 7.89. The van der Waals surface area contributed by atoms with Crippen molar-refractivity contribution < 1.29 is 23.1 Å². The Hall–Kier alpha value is -2.71. The maximum Gasteiger partial charge on any atom is 0.335 e. The molecule has 1 aliphatic heterocycles. The van der Waals surface area contributed by atoms with Crippen LogP contribution >= 0.6 is 0 Å². The monoisotopic (exact) mass is 388 g/mol. The number of carboxylic acids is 1. The van der Waals surface area contributed by atoms with Crippen molar-refractivity contribution in [3.63, 3.8) is 0 Å². The number of aromatic carboxylic acids is 1. The highest BCUT2D eigenvalue weighted by atomic mass is 32.2. The van der Waals surface area contributed by atoms with E-state index in [1.54, 1.807) is 29.2 Å². The van der Waals surface area contributed by atoms with E-state index in [0.717, 1.165) is 18.4 Å². The number of aryl methyl sites for hydroxylation is 1. The molecule has 0 unspecified atom stereocenters. The van der Waals surface area contributed by atoms with E-state index in [4.69, 9.17) is 5.11 Å². The molecular formula is C19H20N2O5S. The van der Waals surface area contributed by atoms with Crippen LogP contribution in [0.1, 0.15) is 34.8 Å². The summed E-state index contributed by atoms with van der Waals surface area (Å²) in [5.41, 5.74) is 2.38. The van der Waals surface area contributed by atoms with Crippen molar-refractivity contribution in [2.24, 2.45) is 0 Å². The second-order valence-corrected chi connectivity index (χ2v) is 8.16. The molecule has 0 aromatic heterocycles. The topological polar surface area (TPSA) is 104 Å². The summed E-state index contributed by atoms with van der Waals surface area (Å²) in [4.78, 5) is 24.4. The number of hydrogen-bond donors (Lipinski definition) is 2. The van der Waals surface area contributed by atoms with Gasteiger partial charge in [-0.15, -0.1) is 0 Å². The van der Waals surface area contributed by atoms with Gasteiger partial charge in [0.05, 0.1) is 10.5 Å². The lowest BCUT2D eigenvalue weighted by atomic mass is 10.0. The fourth-order valence-corrected chi connectivity index (χ4v) is 4.11. The first-order valence-corrected chi connectivity index (χ1v) is 9.99. The minimum atomic E-state index is -3.77. The lowest BCUT2D eigenvalue weighted by Crippen LogP contribution is -2.34. The normalized spacial score (nSPS) is 13.9. The third-order valence-corrected chi connectivity index (χ3v) is 5.93. The second-order valence-electron chi connectivity index (χ2n) is 6.39. The zero-order chi connectivity index (χ0) is 19.6. The van der Waals surface area contributed by atoms with Crippen molar-refractivity contribution in [3.05, 3.63) is 59.2 Å². The lowest BCUT2D eigenvalue weighted by molar-refractivity contribution is -0.116. The van der Waals surface area contributed by atoms with Crippen LogP contribution in [0.5, 0.6) is 0 Å². The van der Waals surface area contributed by atoms with Gasteiger partial charge in [-0.2, -0.15) is 0 Å². The molecule has 0 aliphatic carbocycles. The molecule has 1 heterocycles. The van der Waals surface area contributed by atoms with Gasteiger partial charge in [0, 0.05) is 25.7 Å². The van der Waals surface area contributed by atoms with E-state index < -0.39 is 16.0 Å². The molecule has 0 saturated heterocycles. The van der Waals surface area contributed by atoms with Crippen LogP contribution in [-0.2, 0) is 27.8 Å². The summed E-state index contributed by atoms with van der Waals surface area (Å²) in [5.74, 6) is -1.15. The first-order valence-electron chi connectivity index (χ1n) is 8.51. The van der Waals surface area contributed by atoms with Crippen LogP contribution in [0, 0.1) is 0 Å². The van der Waals surface area contributed by atoms with Gasteiger partial charge in [-0.1, -0.05) is 18.2 Å². The Balaban J connectivity index is 1.80. The number of nitrogens with one attached hydrogen (secondary N) is 1. The van der Waals surface area contributed by atoms with Crippen LogP contribution in [0.25, 0.3) is 0 Å². The number of fused-ring (bicyclic) bond motifs is 1. The average molecular weight is 388 g/mol. The zero-order valence-electron chi connectivity index (χ0n) is 14.8. The molecular weight excluding hydrogens is 368 g/mol. The third-order valence-electron chi connectivity index (χ3n) is 4.53. The van der Waals surface area contributed by atoms with Crippen LogP contribution in [-0.4, -0.2) is 31.9 Å². The predicted octanol–water partition coefficient (Wildman–Crippen LogP) is 2.16. The number of nitrogens with zero attached hydrogens (tertiary/aromatic N) is 1. The Morgan fingerprint density at radius 2 is 1.85 bits per heavy atom. The van der Waals surface area contributed by atoms with Crippen LogP contribution in [0.15, 0.2) is 47.4 Å². The van der Waals surface area contributed by atoms with Crippen LogP contribution < -0.4 is 9.62 Å². The number of carbonyl (C=O) groups is 2. The van der Waals surface area contributed by atoms with Crippen molar-refractivity contribution in [2.75, 3.05) is 11.4 Å². The van der Waals surface area contributed by atoms with Crippen LogP contribution in [0.3, 0.4) is 0 Å². The Morgan fingerprint density at radius 3 is 2.48 bits per heavy atom. The SMILES string of the molecule is CC(=O)N1CCCc2ccc(S(=O)(=O)NCc3ccc(C(=O)O)cc3)cc21. The predicted molar refractivity (Wildman–Crippen MR) is 100 cm³/mol. The molecule has 0 atom stereocenters. The molecule has 7 nitrogen and oxygen atoms in total. The van der Waals surface area contributed by atoms with Gasteiger partial charge in [0.25, 0.3) is 0 Å². The molecule has 3 rings (SSSR count). The van der Waals surface area contributed by atoms with E-state index in [0.29, 0.717) is 17.8 Å². The Labute approximate surface area is 157 Å². The lowest BCUT2D eigenvalue weighted by Gasteiger charge is -2.29. The molecule has 142 valence electrons. The van der Waals surface area contributed by atoms with E-state index in [1.807, 2.05) is 0 Å². The van der Waals surface area contributed by atoms with Crippen LogP contribution in [0.2, 0.25) is 0 Å². The molecule has 1 amide bonds. The highest BCUT2D eigenvalue weighted by Crippen LogP contribution is 2.29. The fourth-order valence-electron chi connectivity index (χ4n) is 3.08. The van der Waals surface area contributed by atoms with E-state index >= 15 is 0 Å². The Kier molecular flexibility index (Phi) is 5.29. The Morgan fingerprint density at radius 1 is 1.15 bits per heavy atom. The zero-order valence-corrected chi connectivity index (χ0v) is 15.6. The molecule has 0 spiro atoms. The van der Waals surface area contributed by atoms with E-state index in [9.17, 15) is 18.0 Å². The molecule has 8 heteroatoms. The largest absolute Gasteiger partial charge is 0.478 e. The molecule has 2 aromatic rings. The van der Waals surface area contributed by atoms with Gasteiger partial charge in [0.15, 0.2) is 0 Å². The molecule has 0 saturated carbocycles. The number of hydrogen-bond acceptors (Lipinski definition) is 4. The summed E-state index contributed by atoms with van der Waals surface area (Å²) in [6.07, 6.45) is 1.66. The standard InChI is InChI=1S/C19H20N2O5S/c1-13(22)21-10-2-3-15-8-9-17(11-18(15)21)27(25,26)20-12-14-4-6-16(7-5-14)19(23)24/h4-9,11,20H,2-3,10,12H2,1H3,(H,23,24). The summed E-state index contributed by atoms with van der Waals surface area (Å²) in [6.45, 7) is 2.08. The molecule has 0 fully saturated rings. The van der Waals surface area contributed by atoms with Gasteiger partial charge in [-0.05, 0) is 48.2 Å². The second kappa shape index (κ2) is 7.50. The highest BCUT2D eigenvalue weighted by Gasteiger charge is 2.23. The third kappa shape index (κ3) is 4.17. The molecule has 1 aliphatic rings. The number of sulfonamides is 1. The van der Waals surface area contributed by atoms with E-state index in [-0.39, 0.29) is 22.9 Å². The van der Waals surface area contributed by atoms with Gasteiger partial charge >= 0.3 is 5.97 Å². The van der Waals surface area contributed by atoms with Crippen molar-refractivity contribution >= 4 is 27.6 Å². The molecule has 27 heavy (non-hydrogen) atoms. The fraction of sp³-hybridized carbons (Fsp3) is 0.263. The number of anilines is 1. The van der Waals surface area contributed by atoms with Crippen molar-refractivity contribution in [2.45, 2.75) is 31.2 Å². The van der Waals surface area contributed by atoms with Gasteiger partial charge in [0.1, 0.15) is 0 Å². The molecule has 2 aromatic carbocycles. The number of carbonyl (C=O) groups excluding carboxylic acids is 1. The minimum absolute atomic E-state index is 0.0374. The summed E-state index contributed by atoms with van der Waals surface area (Å²) in [7, 11) is -3.77. The van der Waals surface area contributed by atoms with Crippen molar-refractivity contribution in [3.8, 4) is 0 Å². The van der Waals surface area contributed by atoms with E-state index in [2.05, 4.69) is 4.72 Å². The van der Waals surface area contributed by atoms with Gasteiger partial charge in [-0.25, -0.2) is 17.9 Å². The number of amides is 1. The van der Waals surface area contributed by atoms with Crippen molar-refractivity contribution in [1.29, 1.82) is 0 Å². The summed E-state index contributed by atoms with van der Waals surface area (Å²) < 4.78 is 27.8. The number of rotatable bonds is 5. The van der Waals surface area contributed by atoms with Crippen molar-refractivity contribution in [1.82, 2.24) is 4.72 Å².